The third-order valence-corrected chi connectivity index (χ3v) is 20.2. The maximum atomic E-state index is 8.70. The van der Waals surface area contributed by atoms with Gasteiger partial charge in [0.1, 0.15) is 35.2 Å². The van der Waals surface area contributed by atoms with Crippen molar-refractivity contribution in [3.05, 3.63) is 268 Å². The minimum Gasteiger partial charge on any atom is -0.201 e. The maximum Gasteiger partial charge on any atom is 0.212 e. The van der Waals surface area contributed by atoms with Crippen LogP contribution in [0.3, 0.4) is 0 Å². The second-order valence-corrected chi connectivity index (χ2v) is 26.6. The third-order valence-electron chi connectivity index (χ3n) is 20.2. The van der Waals surface area contributed by atoms with E-state index in [1.807, 2.05) is 0 Å². The van der Waals surface area contributed by atoms with Crippen LogP contribution in [0.2, 0.25) is 0 Å². The average molecular weight is 1300 g/mol. The van der Waals surface area contributed by atoms with Crippen LogP contribution in [0, 0.1) is 48.5 Å². The summed E-state index contributed by atoms with van der Waals surface area (Å²) in [5.41, 5.74) is 28.0. The minimum atomic E-state index is -0.480. The van der Waals surface area contributed by atoms with E-state index in [-0.39, 0.29) is 0 Å². The Kier molecular flexibility index (Phi) is 29.2. The van der Waals surface area contributed by atoms with E-state index < -0.39 is 17.7 Å². The van der Waals surface area contributed by atoms with Crippen molar-refractivity contribution in [3.8, 4) is 56.3 Å². The Bertz CT molecular complexity index is 4260. The molecular formula is C92H124N5+5. The van der Waals surface area contributed by atoms with E-state index in [0.717, 1.165) is 55.2 Å². The third kappa shape index (κ3) is 20.5. The highest BCUT2D eigenvalue weighted by atomic mass is 14.9. The number of rotatable bonds is 20. The molecule has 0 aliphatic carbocycles. The number of hydrogen-bond donors (Lipinski definition) is 0. The molecule has 10 aromatic rings. The zero-order valence-electron chi connectivity index (χ0n) is 67.0. The van der Waals surface area contributed by atoms with E-state index in [4.69, 9.17) is 4.11 Å². The summed E-state index contributed by atoms with van der Waals surface area (Å²) in [6.07, 6.45) is 20.7. The molecule has 5 heteroatoms. The van der Waals surface area contributed by atoms with Gasteiger partial charge in [0.25, 0.3) is 0 Å². The molecule has 0 N–H and O–H groups in total. The molecule has 0 saturated heterocycles. The molecule has 0 radical (unpaired) electrons. The summed E-state index contributed by atoms with van der Waals surface area (Å²) in [6.45, 7) is 36.8. The van der Waals surface area contributed by atoms with Gasteiger partial charge in [-0.05, 0) is 229 Å². The maximum absolute atomic E-state index is 8.70. The number of aryl methyl sites for hydroxylation is 12. The first-order chi connectivity index (χ1) is 47.7. The van der Waals surface area contributed by atoms with Crippen molar-refractivity contribution in [1.29, 1.82) is 0 Å². The Labute approximate surface area is 594 Å². The summed E-state index contributed by atoms with van der Waals surface area (Å²) in [7, 11) is 10.5. The van der Waals surface area contributed by atoms with Gasteiger partial charge in [-0.3, -0.25) is 0 Å². The van der Waals surface area contributed by atoms with Crippen LogP contribution in [0.15, 0.2) is 201 Å². The van der Waals surface area contributed by atoms with Gasteiger partial charge in [0, 0.05) is 91.1 Å². The first kappa shape index (κ1) is 73.1. The Morgan fingerprint density at radius 1 is 0.258 bits per heavy atom. The molecule has 5 heterocycles. The Hall–Kier alpha value is -8.15. The lowest BCUT2D eigenvalue weighted by Crippen LogP contribution is -2.32. The van der Waals surface area contributed by atoms with E-state index >= 15 is 0 Å². The lowest BCUT2D eigenvalue weighted by molar-refractivity contribution is -0.661. The summed E-state index contributed by atoms with van der Waals surface area (Å²) in [5, 5.41) is 0. The summed E-state index contributed by atoms with van der Waals surface area (Å²) in [6, 6.07) is 60.2. The van der Waals surface area contributed by atoms with Crippen LogP contribution in [-0.4, -0.2) is 0 Å². The van der Waals surface area contributed by atoms with Crippen LogP contribution < -0.4 is 22.8 Å². The molecule has 5 aromatic heterocycles. The van der Waals surface area contributed by atoms with Crippen molar-refractivity contribution >= 4 is 0 Å². The number of hydrogen-bond acceptors (Lipinski definition) is 0. The van der Waals surface area contributed by atoms with Gasteiger partial charge in [0.2, 0.25) is 28.5 Å². The molecule has 0 fully saturated rings. The van der Waals surface area contributed by atoms with Crippen LogP contribution in [0.4, 0.5) is 0 Å². The van der Waals surface area contributed by atoms with E-state index in [2.05, 4.69) is 377 Å². The summed E-state index contributed by atoms with van der Waals surface area (Å²) < 4.78 is 36.8. The van der Waals surface area contributed by atoms with E-state index in [9.17, 15) is 0 Å². The lowest BCUT2D eigenvalue weighted by Gasteiger charge is -2.15. The summed E-state index contributed by atoms with van der Waals surface area (Å²) in [4.78, 5) is 0. The molecule has 5 aromatic carbocycles. The first-order valence-electron chi connectivity index (χ1n) is 38.0. The summed E-state index contributed by atoms with van der Waals surface area (Å²) in [5.74, 6) is -0.0871. The van der Waals surface area contributed by atoms with Gasteiger partial charge < -0.3 is 0 Å². The van der Waals surface area contributed by atoms with Crippen LogP contribution in [0.25, 0.3) is 56.3 Å². The molecule has 0 spiro atoms. The van der Waals surface area contributed by atoms with Crippen LogP contribution in [0.1, 0.15) is 234 Å². The lowest BCUT2D eigenvalue weighted by atomic mass is 9.91. The number of nitrogens with zero attached hydrogens (tertiary/aromatic N) is 5. The molecule has 0 atom stereocenters. The highest BCUT2D eigenvalue weighted by molar-refractivity contribution is 5.65. The largest absolute Gasteiger partial charge is 0.212 e. The van der Waals surface area contributed by atoms with Gasteiger partial charge in [-0.1, -0.05) is 160 Å². The highest BCUT2D eigenvalue weighted by Crippen LogP contribution is 2.33. The first-order valence-corrected chi connectivity index (χ1v) is 36.5. The molecule has 0 unspecified atom stereocenters. The van der Waals surface area contributed by atoms with Gasteiger partial charge in [0.15, 0.2) is 31.0 Å². The fourth-order valence-corrected chi connectivity index (χ4v) is 13.9. The molecule has 0 aliphatic rings. The van der Waals surface area contributed by atoms with Crippen molar-refractivity contribution < 1.29 is 26.9 Å². The normalized spacial score (nSPS) is 11.8. The molecular weight excluding hydrogens is 1180 g/mol. The van der Waals surface area contributed by atoms with Gasteiger partial charge in [-0.15, -0.1) is 0 Å². The van der Waals surface area contributed by atoms with Gasteiger partial charge >= 0.3 is 0 Å². The van der Waals surface area contributed by atoms with E-state index in [1.165, 1.54) is 132 Å². The number of pyridine rings is 5. The van der Waals surface area contributed by atoms with Crippen molar-refractivity contribution in [3.63, 3.8) is 0 Å². The second kappa shape index (κ2) is 38.7. The molecule has 5 nitrogen and oxygen atoms in total. The van der Waals surface area contributed by atoms with Gasteiger partial charge in [0.05, 0.1) is 0 Å². The highest BCUT2D eigenvalue weighted by Gasteiger charge is 2.23. The second-order valence-electron chi connectivity index (χ2n) is 26.6. The number of aromatic nitrogens is 5. The predicted molar refractivity (Wildman–Crippen MR) is 415 cm³/mol. The topological polar surface area (TPSA) is 19.4 Å². The summed E-state index contributed by atoms with van der Waals surface area (Å²) >= 11 is 0. The molecule has 0 bridgehead atoms. The Morgan fingerprint density at radius 3 is 0.907 bits per heavy atom. The molecule has 512 valence electrons. The Balaban J connectivity index is 0.000000197. The average Bonchev–Trinajstić information content (AvgIpc) is 0.900. The number of benzene rings is 5. The Morgan fingerprint density at radius 2 is 0.557 bits per heavy atom. The van der Waals surface area contributed by atoms with Gasteiger partial charge in [-0.2, -0.15) is 0 Å². The molecule has 0 amide bonds. The predicted octanol–water partition coefficient (Wildman–Crippen LogP) is 22.6. The van der Waals surface area contributed by atoms with E-state index in [0.29, 0.717) is 11.8 Å². The molecule has 0 saturated carbocycles. The smallest absolute Gasteiger partial charge is 0.201 e. The fraction of sp³-hybridized carbons (Fsp3) is 0.402. The minimum absolute atomic E-state index is 0.470. The van der Waals surface area contributed by atoms with Crippen LogP contribution in [-0.2, 0) is 35.2 Å². The zero-order valence-corrected chi connectivity index (χ0v) is 64.0. The quantitative estimate of drug-likeness (QED) is 0.0678. The van der Waals surface area contributed by atoms with Gasteiger partial charge in [-0.25, -0.2) is 22.8 Å². The molecule has 97 heavy (non-hydrogen) atoms. The van der Waals surface area contributed by atoms with Crippen molar-refractivity contribution in [1.82, 2.24) is 0 Å². The molecule has 10 rings (SSSR count). The van der Waals surface area contributed by atoms with Crippen molar-refractivity contribution in [2.24, 2.45) is 35.2 Å². The molecule has 0 aliphatic heterocycles. The standard InChI is InChI=1S/2C19H26N.3C18H24N/c2*1-6-16(7-2)18-13-20(5)19(12-15(18)4)17-11-9-8-10-14(17)3;2*1-5-15(6-2)16-11-12-19(4)18(13-16)17-10-8-7-9-14(17)3;1-5-15(6-2)16-11-12-18(19(4)13-16)17-10-8-7-9-14(17)3/h2*8-13,16H,6-7H2,1-5H3;3*7-13,15H,5-6H2,1-4H3/q5*+1/i16D;;15D;;15D. The monoisotopic (exact) mass is 1300 g/mol. The van der Waals surface area contributed by atoms with Crippen LogP contribution >= 0.6 is 0 Å². The fourth-order valence-electron chi connectivity index (χ4n) is 13.9. The van der Waals surface area contributed by atoms with Crippen molar-refractivity contribution in [2.45, 2.75) is 211 Å². The zero-order chi connectivity index (χ0) is 73.6. The SMILES string of the molecule is CCC(CC)c1c[n+](C)c(-c2ccccc2C)cc1C.CCC(CC)c1cc[n+](C)c(-c2ccccc2C)c1.[2H]C(CC)(CC)c1c[n+](C)c(-c2ccccc2C)cc1C.[2H]C(CC)(CC)c1cc[n+](C)c(-c2ccccc2C)c1.[2H]C(CC)(CC)c1ccc(-c2ccccc2C)[n+](C)c1. The van der Waals surface area contributed by atoms with Crippen molar-refractivity contribution in [2.75, 3.05) is 0 Å². The van der Waals surface area contributed by atoms with Crippen LogP contribution in [0.5, 0.6) is 0 Å². The van der Waals surface area contributed by atoms with E-state index in [1.54, 1.807) is 0 Å².